The summed E-state index contributed by atoms with van der Waals surface area (Å²) in [7, 11) is 0. The number of hydrogen-bond acceptors (Lipinski definition) is 2. The average molecular weight is 427 g/mol. The van der Waals surface area contributed by atoms with Gasteiger partial charge >= 0.3 is 0 Å². The zero-order chi connectivity index (χ0) is 22.0. The minimum absolute atomic E-state index is 0.806. The van der Waals surface area contributed by atoms with Crippen molar-refractivity contribution in [2.45, 2.75) is 58.3 Å². The number of nitrogens with zero attached hydrogens (tertiary/aromatic N) is 1. The summed E-state index contributed by atoms with van der Waals surface area (Å²) in [5, 5.41) is 0. The first-order chi connectivity index (χ1) is 15.8. The number of para-hydroxylation sites is 2. The SMILES string of the molecule is CCCCCCCCCCOc1ccc(-c2ccc(-c3nc4ccccc4[nH]3)cc2)cc1. The standard InChI is InChI=1S/C29H34N2O/c1-2-3-4-5-6-7-8-11-22-32-26-20-18-24(19-21-26)23-14-16-25(17-15-23)29-30-27-12-9-10-13-28(27)31-29/h9-10,12-21H,2-8,11,22H2,1H3,(H,30,31). The van der Waals surface area contributed by atoms with E-state index in [1.165, 1.54) is 56.1 Å². The van der Waals surface area contributed by atoms with Gasteiger partial charge in [0.15, 0.2) is 0 Å². The van der Waals surface area contributed by atoms with Gasteiger partial charge in [0.2, 0.25) is 0 Å². The van der Waals surface area contributed by atoms with Crippen molar-refractivity contribution in [3.8, 4) is 28.3 Å². The van der Waals surface area contributed by atoms with Crippen LogP contribution < -0.4 is 4.74 Å². The first-order valence-electron chi connectivity index (χ1n) is 12.1. The molecule has 1 heterocycles. The van der Waals surface area contributed by atoms with Crippen molar-refractivity contribution < 1.29 is 4.74 Å². The van der Waals surface area contributed by atoms with Crippen LogP contribution >= 0.6 is 0 Å². The lowest BCUT2D eigenvalue weighted by Crippen LogP contribution is -1.97. The lowest BCUT2D eigenvalue weighted by atomic mass is 10.0. The molecule has 0 spiro atoms. The molecule has 3 heteroatoms. The van der Waals surface area contributed by atoms with Crippen LogP contribution in [-0.4, -0.2) is 16.6 Å². The second kappa shape index (κ2) is 11.5. The van der Waals surface area contributed by atoms with Gasteiger partial charge in [0.1, 0.15) is 11.6 Å². The van der Waals surface area contributed by atoms with E-state index in [4.69, 9.17) is 4.74 Å². The number of H-pyrrole nitrogens is 1. The smallest absolute Gasteiger partial charge is 0.138 e. The molecule has 166 valence electrons. The third-order valence-electron chi connectivity index (χ3n) is 6.00. The highest BCUT2D eigenvalue weighted by Crippen LogP contribution is 2.26. The lowest BCUT2D eigenvalue weighted by molar-refractivity contribution is 0.304. The lowest BCUT2D eigenvalue weighted by Gasteiger charge is -2.08. The van der Waals surface area contributed by atoms with Crippen molar-refractivity contribution in [1.82, 2.24) is 9.97 Å². The number of aromatic amines is 1. The summed E-state index contributed by atoms with van der Waals surface area (Å²) in [4.78, 5) is 8.08. The van der Waals surface area contributed by atoms with E-state index in [2.05, 4.69) is 71.5 Å². The molecule has 0 radical (unpaired) electrons. The normalized spacial score (nSPS) is 11.2. The Kier molecular flexibility index (Phi) is 7.97. The van der Waals surface area contributed by atoms with Gasteiger partial charge in [-0.1, -0.05) is 100 Å². The second-order valence-electron chi connectivity index (χ2n) is 8.53. The monoisotopic (exact) mass is 426 g/mol. The summed E-state index contributed by atoms with van der Waals surface area (Å²) in [6.07, 6.45) is 10.6. The largest absolute Gasteiger partial charge is 0.494 e. The Morgan fingerprint density at radius 2 is 1.25 bits per heavy atom. The van der Waals surface area contributed by atoms with Gasteiger partial charge in [-0.05, 0) is 41.8 Å². The van der Waals surface area contributed by atoms with Gasteiger partial charge in [0, 0.05) is 5.56 Å². The quantitative estimate of drug-likeness (QED) is 0.231. The minimum atomic E-state index is 0.806. The van der Waals surface area contributed by atoms with Crippen LogP contribution in [0.2, 0.25) is 0 Å². The Hall–Kier alpha value is -3.07. The van der Waals surface area contributed by atoms with E-state index in [-0.39, 0.29) is 0 Å². The van der Waals surface area contributed by atoms with Gasteiger partial charge < -0.3 is 9.72 Å². The molecule has 0 saturated heterocycles. The van der Waals surface area contributed by atoms with Gasteiger partial charge in [0.25, 0.3) is 0 Å². The van der Waals surface area contributed by atoms with Gasteiger partial charge in [0.05, 0.1) is 17.6 Å². The van der Waals surface area contributed by atoms with Crippen molar-refractivity contribution in [1.29, 1.82) is 0 Å². The Bertz CT molecular complexity index is 1050. The van der Waals surface area contributed by atoms with Crippen LogP contribution in [0.4, 0.5) is 0 Å². The summed E-state index contributed by atoms with van der Waals surface area (Å²) in [5.74, 6) is 1.86. The summed E-state index contributed by atoms with van der Waals surface area (Å²) in [6, 6.07) is 25.1. The maximum Gasteiger partial charge on any atom is 0.138 e. The molecule has 32 heavy (non-hydrogen) atoms. The number of ether oxygens (including phenoxy) is 1. The Morgan fingerprint density at radius 3 is 1.94 bits per heavy atom. The van der Waals surface area contributed by atoms with Gasteiger partial charge in [-0.25, -0.2) is 4.98 Å². The minimum Gasteiger partial charge on any atom is -0.494 e. The van der Waals surface area contributed by atoms with Crippen molar-refractivity contribution in [2.75, 3.05) is 6.61 Å². The molecule has 3 aromatic carbocycles. The van der Waals surface area contributed by atoms with Crippen molar-refractivity contribution in [3.05, 3.63) is 72.8 Å². The van der Waals surface area contributed by atoms with Crippen LogP contribution in [-0.2, 0) is 0 Å². The van der Waals surface area contributed by atoms with Gasteiger partial charge in [-0.15, -0.1) is 0 Å². The third-order valence-corrected chi connectivity index (χ3v) is 6.00. The van der Waals surface area contributed by atoms with Crippen molar-refractivity contribution in [3.63, 3.8) is 0 Å². The third kappa shape index (κ3) is 6.00. The molecular weight excluding hydrogens is 392 g/mol. The predicted molar refractivity (Wildman–Crippen MR) is 135 cm³/mol. The molecule has 0 unspecified atom stereocenters. The number of nitrogens with one attached hydrogen (secondary N) is 1. The fourth-order valence-electron chi connectivity index (χ4n) is 4.08. The van der Waals surface area contributed by atoms with Crippen molar-refractivity contribution in [2.24, 2.45) is 0 Å². The number of hydrogen-bond donors (Lipinski definition) is 1. The molecule has 3 nitrogen and oxygen atoms in total. The molecule has 0 aliphatic rings. The van der Waals surface area contributed by atoms with E-state index < -0.39 is 0 Å². The predicted octanol–water partition coefficient (Wildman–Crippen LogP) is 8.42. The average Bonchev–Trinajstić information content (AvgIpc) is 3.28. The molecule has 0 saturated carbocycles. The number of aromatic nitrogens is 2. The number of imidazole rings is 1. The van der Waals surface area contributed by atoms with E-state index in [0.29, 0.717) is 0 Å². The van der Waals surface area contributed by atoms with Gasteiger partial charge in [-0.3, -0.25) is 0 Å². The highest BCUT2D eigenvalue weighted by atomic mass is 16.5. The molecule has 4 aromatic rings. The summed E-state index contributed by atoms with van der Waals surface area (Å²) < 4.78 is 5.94. The summed E-state index contributed by atoms with van der Waals surface area (Å²) >= 11 is 0. The zero-order valence-corrected chi connectivity index (χ0v) is 19.1. The maximum absolute atomic E-state index is 5.94. The first-order valence-corrected chi connectivity index (χ1v) is 12.1. The van der Waals surface area contributed by atoms with Crippen molar-refractivity contribution >= 4 is 11.0 Å². The van der Waals surface area contributed by atoms with Crippen LogP contribution in [0.25, 0.3) is 33.5 Å². The fourth-order valence-corrected chi connectivity index (χ4v) is 4.08. The van der Waals surface area contributed by atoms with E-state index in [9.17, 15) is 0 Å². The molecular formula is C29H34N2O. The number of unbranched alkanes of at least 4 members (excludes halogenated alkanes) is 7. The Morgan fingerprint density at radius 1 is 0.656 bits per heavy atom. The first kappa shape index (κ1) is 22.1. The molecule has 0 fully saturated rings. The zero-order valence-electron chi connectivity index (χ0n) is 19.1. The Labute approximate surface area is 191 Å². The van der Waals surface area contributed by atoms with Crippen LogP contribution in [0.15, 0.2) is 72.8 Å². The molecule has 1 N–H and O–H groups in total. The van der Waals surface area contributed by atoms with E-state index in [0.717, 1.165) is 41.2 Å². The van der Waals surface area contributed by atoms with Crippen LogP contribution in [0.3, 0.4) is 0 Å². The van der Waals surface area contributed by atoms with E-state index >= 15 is 0 Å². The molecule has 0 amide bonds. The maximum atomic E-state index is 5.94. The van der Waals surface area contributed by atoms with Crippen LogP contribution in [0.5, 0.6) is 5.75 Å². The number of fused-ring (bicyclic) bond motifs is 1. The van der Waals surface area contributed by atoms with Crippen LogP contribution in [0.1, 0.15) is 58.3 Å². The molecule has 0 atom stereocenters. The highest BCUT2D eigenvalue weighted by molar-refractivity contribution is 5.79. The van der Waals surface area contributed by atoms with E-state index in [1.807, 2.05) is 18.2 Å². The Balaban J connectivity index is 1.25. The topological polar surface area (TPSA) is 37.9 Å². The molecule has 0 aliphatic heterocycles. The summed E-state index contributed by atoms with van der Waals surface area (Å²) in [6.45, 7) is 3.07. The van der Waals surface area contributed by atoms with E-state index in [1.54, 1.807) is 0 Å². The number of benzene rings is 3. The molecule has 4 rings (SSSR count). The molecule has 0 aliphatic carbocycles. The van der Waals surface area contributed by atoms with Crippen LogP contribution in [0, 0.1) is 0 Å². The molecule has 1 aromatic heterocycles. The summed E-state index contributed by atoms with van der Waals surface area (Å²) in [5.41, 5.74) is 5.54. The molecule has 0 bridgehead atoms. The highest BCUT2D eigenvalue weighted by Gasteiger charge is 2.06. The fraction of sp³-hybridized carbons (Fsp3) is 0.345. The second-order valence-corrected chi connectivity index (χ2v) is 8.53. The van der Waals surface area contributed by atoms with Gasteiger partial charge in [-0.2, -0.15) is 0 Å². The number of rotatable bonds is 12.